The Bertz CT molecular complexity index is 839. The zero-order chi connectivity index (χ0) is 19.8. The van der Waals surface area contributed by atoms with Gasteiger partial charge in [0.25, 0.3) is 5.91 Å². The summed E-state index contributed by atoms with van der Waals surface area (Å²) in [5.74, 6) is 0.830. The second kappa shape index (κ2) is 9.59. The van der Waals surface area contributed by atoms with Crippen LogP contribution < -0.4 is 10.1 Å². The number of hydrogen-bond donors (Lipinski definition) is 1. The van der Waals surface area contributed by atoms with Crippen LogP contribution in [-0.4, -0.2) is 19.1 Å². The Morgan fingerprint density at radius 2 is 1.78 bits per heavy atom. The third-order valence-electron chi connectivity index (χ3n) is 4.13. The van der Waals surface area contributed by atoms with Crippen molar-refractivity contribution in [1.82, 2.24) is 5.32 Å². The minimum Gasteiger partial charge on any atom is -0.492 e. The largest absolute Gasteiger partial charge is 0.492 e. The van der Waals surface area contributed by atoms with E-state index in [9.17, 15) is 10.1 Å². The zero-order valence-electron chi connectivity index (χ0n) is 16.4. The molecule has 0 saturated carbocycles. The highest BCUT2D eigenvalue weighted by molar-refractivity contribution is 6.01. The molecule has 0 spiro atoms. The first-order chi connectivity index (χ1) is 12.9. The fourth-order valence-electron chi connectivity index (χ4n) is 2.74. The number of hydrogen-bond acceptors (Lipinski definition) is 3. The first-order valence-corrected chi connectivity index (χ1v) is 9.10. The Balaban J connectivity index is 1.90. The van der Waals surface area contributed by atoms with E-state index >= 15 is 0 Å². The third kappa shape index (κ3) is 6.31. The van der Waals surface area contributed by atoms with Crippen LogP contribution in [0.2, 0.25) is 0 Å². The lowest BCUT2D eigenvalue weighted by Gasteiger charge is -2.09. The van der Waals surface area contributed by atoms with E-state index in [1.165, 1.54) is 5.56 Å². The number of nitrogens with zero attached hydrogens (tertiary/aromatic N) is 1. The Hall–Kier alpha value is -3.06. The van der Waals surface area contributed by atoms with Gasteiger partial charge in [-0.2, -0.15) is 5.26 Å². The molecule has 0 bridgehead atoms. The van der Waals surface area contributed by atoms with Crippen molar-refractivity contribution in [2.75, 3.05) is 13.2 Å². The average molecular weight is 362 g/mol. The van der Waals surface area contributed by atoms with E-state index in [0.29, 0.717) is 19.1 Å². The molecule has 2 aromatic carbocycles. The van der Waals surface area contributed by atoms with Crippen LogP contribution in [0.5, 0.6) is 5.75 Å². The molecule has 27 heavy (non-hydrogen) atoms. The van der Waals surface area contributed by atoms with E-state index in [4.69, 9.17) is 4.74 Å². The number of nitriles is 1. The molecule has 0 aliphatic rings. The fourth-order valence-corrected chi connectivity index (χ4v) is 2.74. The highest BCUT2D eigenvalue weighted by atomic mass is 16.5. The van der Waals surface area contributed by atoms with Gasteiger partial charge >= 0.3 is 0 Å². The number of aryl methyl sites for hydroxylation is 2. The van der Waals surface area contributed by atoms with E-state index in [1.807, 2.05) is 56.3 Å². The maximum absolute atomic E-state index is 12.2. The molecule has 2 rings (SSSR count). The molecule has 2 aromatic rings. The minimum atomic E-state index is -0.394. The van der Waals surface area contributed by atoms with Crippen LogP contribution in [0.3, 0.4) is 0 Å². The van der Waals surface area contributed by atoms with Gasteiger partial charge in [-0.25, -0.2) is 0 Å². The lowest BCUT2D eigenvalue weighted by atomic mass is 10.0. The number of carbonyl (C=O) groups is 1. The molecular weight excluding hydrogens is 336 g/mol. The van der Waals surface area contributed by atoms with Crippen LogP contribution in [0, 0.1) is 25.2 Å². The topological polar surface area (TPSA) is 62.1 Å². The normalized spacial score (nSPS) is 11.2. The van der Waals surface area contributed by atoms with Crippen LogP contribution >= 0.6 is 0 Å². The highest BCUT2D eigenvalue weighted by Gasteiger charge is 2.09. The molecule has 1 N–H and O–H groups in total. The summed E-state index contributed by atoms with van der Waals surface area (Å²) in [7, 11) is 0. The Morgan fingerprint density at radius 1 is 1.15 bits per heavy atom. The summed E-state index contributed by atoms with van der Waals surface area (Å²) in [6.45, 7) is 8.95. The van der Waals surface area contributed by atoms with Crippen LogP contribution in [0.4, 0.5) is 0 Å². The van der Waals surface area contributed by atoms with Gasteiger partial charge in [0, 0.05) is 0 Å². The van der Waals surface area contributed by atoms with Gasteiger partial charge in [-0.05, 0) is 60.2 Å². The molecule has 0 aliphatic heterocycles. The molecule has 4 heteroatoms. The van der Waals surface area contributed by atoms with Crippen LogP contribution in [0.15, 0.2) is 48.0 Å². The Morgan fingerprint density at radius 3 is 2.33 bits per heavy atom. The molecule has 4 nitrogen and oxygen atoms in total. The van der Waals surface area contributed by atoms with Gasteiger partial charge in [0.15, 0.2) is 0 Å². The van der Waals surface area contributed by atoms with Gasteiger partial charge in [0.1, 0.15) is 24.0 Å². The van der Waals surface area contributed by atoms with Gasteiger partial charge in [0.2, 0.25) is 0 Å². The van der Waals surface area contributed by atoms with Crippen molar-refractivity contribution in [2.45, 2.75) is 33.6 Å². The molecule has 0 fully saturated rings. The SMILES string of the molecule is Cc1cc(C)cc(OCCNC(=O)/C(C#N)=C/c2ccc(C(C)C)cc2)c1. The molecule has 0 heterocycles. The number of benzene rings is 2. The molecule has 0 unspecified atom stereocenters. The number of rotatable bonds is 7. The summed E-state index contributed by atoms with van der Waals surface area (Å²) in [4.78, 5) is 12.2. The summed E-state index contributed by atoms with van der Waals surface area (Å²) >= 11 is 0. The van der Waals surface area contributed by atoms with E-state index in [-0.39, 0.29) is 5.57 Å². The van der Waals surface area contributed by atoms with E-state index < -0.39 is 5.91 Å². The van der Waals surface area contributed by atoms with Crippen molar-refractivity contribution in [3.05, 3.63) is 70.3 Å². The molecule has 0 aromatic heterocycles. The lowest BCUT2D eigenvalue weighted by molar-refractivity contribution is -0.117. The standard InChI is InChI=1S/C23H26N2O2/c1-16(2)20-7-5-19(6-8-20)14-21(15-24)23(26)25-9-10-27-22-12-17(3)11-18(4)13-22/h5-8,11-14,16H,9-10H2,1-4H3,(H,25,26)/b21-14+. The number of carbonyl (C=O) groups excluding carboxylic acids is 1. The van der Waals surface area contributed by atoms with Crippen molar-refractivity contribution in [3.63, 3.8) is 0 Å². The summed E-state index contributed by atoms with van der Waals surface area (Å²) < 4.78 is 5.67. The molecule has 0 aliphatic carbocycles. The molecule has 0 saturated heterocycles. The van der Waals surface area contributed by atoms with E-state index in [1.54, 1.807) is 6.08 Å². The second-order valence-electron chi connectivity index (χ2n) is 6.92. The lowest BCUT2D eigenvalue weighted by Crippen LogP contribution is -2.29. The number of nitrogens with one attached hydrogen (secondary N) is 1. The number of ether oxygens (including phenoxy) is 1. The van der Waals surface area contributed by atoms with Gasteiger partial charge in [0.05, 0.1) is 6.54 Å². The summed E-state index contributed by atoms with van der Waals surface area (Å²) in [6, 6.07) is 15.8. The summed E-state index contributed by atoms with van der Waals surface area (Å²) in [6.07, 6.45) is 1.60. The molecule has 1 amide bonds. The maximum atomic E-state index is 12.2. The molecule has 0 atom stereocenters. The van der Waals surface area contributed by atoms with Gasteiger partial charge in [-0.15, -0.1) is 0 Å². The maximum Gasteiger partial charge on any atom is 0.262 e. The smallest absolute Gasteiger partial charge is 0.262 e. The Kier molecular flexibility index (Phi) is 7.19. The van der Waals surface area contributed by atoms with Crippen molar-refractivity contribution < 1.29 is 9.53 Å². The van der Waals surface area contributed by atoms with Crippen molar-refractivity contribution in [3.8, 4) is 11.8 Å². The molecule has 0 radical (unpaired) electrons. The molecule has 140 valence electrons. The predicted octanol–water partition coefficient (Wildman–Crippen LogP) is 4.53. The van der Waals surface area contributed by atoms with E-state index in [0.717, 1.165) is 22.4 Å². The number of amides is 1. The zero-order valence-corrected chi connectivity index (χ0v) is 16.4. The molecular formula is C23H26N2O2. The first kappa shape index (κ1) is 20.3. The van der Waals surface area contributed by atoms with Crippen molar-refractivity contribution in [2.24, 2.45) is 0 Å². The summed E-state index contributed by atoms with van der Waals surface area (Å²) in [5.41, 5.74) is 4.40. The third-order valence-corrected chi connectivity index (χ3v) is 4.13. The van der Waals surface area contributed by atoms with Crippen LogP contribution in [0.1, 0.15) is 42.0 Å². The quantitative estimate of drug-likeness (QED) is 0.447. The first-order valence-electron chi connectivity index (χ1n) is 9.10. The predicted molar refractivity (Wildman–Crippen MR) is 109 cm³/mol. The van der Waals surface area contributed by atoms with Crippen LogP contribution in [0.25, 0.3) is 6.08 Å². The van der Waals surface area contributed by atoms with Crippen LogP contribution in [-0.2, 0) is 4.79 Å². The van der Waals surface area contributed by atoms with Gasteiger partial charge in [-0.1, -0.05) is 44.2 Å². The van der Waals surface area contributed by atoms with Crippen molar-refractivity contribution >= 4 is 12.0 Å². The fraction of sp³-hybridized carbons (Fsp3) is 0.304. The van der Waals surface area contributed by atoms with E-state index in [2.05, 4.69) is 25.2 Å². The van der Waals surface area contributed by atoms with Crippen molar-refractivity contribution in [1.29, 1.82) is 5.26 Å². The highest BCUT2D eigenvalue weighted by Crippen LogP contribution is 2.17. The second-order valence-corrected chi connectivity index (χ2v) is 6.92. The Labute approximate surface area is 161 Å². The average Bonchev–Trinajstić information content (AvgIpc) is 2.62. The van der Waals surface area contributed by atoms with Gasteiger partial charge < -0.3 is 10.1 Å². The monoisotopic (exact) mass is 362 g/mol. The summed E-state index contributed by atoms with van der Waals surface area (Å²) in [5, 5.41) is 12.0. The van der Waals surface area contributed by atoms with Gasteiger partial charge in [-0.3, -0.25) is 4.79 Å². The minimum absolute atomic E-state index is 0.0821.